The fourth-order valence-electron chi connectivity index (χ4n) is 2.08. The molecule has 1 heterocycles. The number of hydrogen-bond donors (Lipinski definition) is 1. The van der Waals surface area contributed by atoms with E-state index in [1.165, 1.54) is 21.0 Å². The first-order chi connectivity index (χ1) is 9.01. The van der Waals surface area contributed by atoms with Crippen molar-refractivity contribution in [1.29, 1.82) is 0 Å². The topological polar surface area (TPSA) is 24.9 Å². The molecule has 0 aliphatic carbocycles. The van der Waals surface area contributed by atoms with Gasteiger partial charge in [-0.05, 0) is 45.0 Å². The molecule has 0 aliphatic rings. The van der Waals surface area contributed by atoms with Crippen molar-refractivity contribution in [3.8, 4) is 0 Å². The molecule has 1 aromatic heterocycles. The summed E-state index contributed by atoms with van der Waals surface area (Å²) in [6, 6.07) is 6.80. The maximum absolute atomic E-state index is 4.63. The maximum Gasteiger partial charge on any atom is 0.0949 e. The Bertz CT molecular complexity index is 558. The summed E-state index contributed by atoms with van der Waals surface area (Å²) in [5, 5.41) is 4.59. The highest BCUT2D eigenvalue weighted by molar-refractivity contribution is 9.10. The van der Waals surface area contributed by atoms with E-state index in [1.807, 2.05) is 7.05 Å². The van der Waals surface area contributed by atoms with Gasteiger partial charge in [0.05, 0.1) is 10.7 Å². The van der Waals surface area contributed by atoms with E-state index in [2.05, 4.69) is 65.2 Å². The second-order valence-electron chi connectivity index (χ2n) is 4.82. The summed E-state index contributed by atoms with van der Waals surface area (Å²) in [7, 11) is 2.00. The number of aryl methyl sites for hydroxylation is 3. The molecule has 0 saturated heterocycles. The number of rotatable bonds is 4. The predicted octanol–water partition coefficient (Wildman–Crippen LogP) is 4.33. The van der Waals surface area contributed by atoms with Crippen LogP contribution in [0.4, 0.5) is 0 Å². The molecule has 1 N–H and O–H groups in total. The normalized spacial score (nSPS) is 12.7. The first-order valence-corrected chi connectivity index (χ1v) is 7.98. The third kappa shape index (κ3) is 3.44. The Morgan fingerprint density at radius 3 is 2.58 bits per heavy atom. The van der Waals surface area contributed by atoms with Crippen molar-refractivity contribution in [3.05, 3.63) is 49.4 Å². The third-order valence-electron chi connectivity index (χ3n) is 3.33. The molecule has 0 aliphatic heterocycles. The van der Waals surface area contributed by atoms with Gasteiger partial charge >= 0.3 is 0 Å². The van der Waals surface area contributed by atoms with Crippen molar-refractivity contribution in [2.24, 2.45) is 0 Å². The van der Waals surface area contributed by atoms with Crippen LogP contribution in [0.2, 0.25) is 0 Å². The predicted molar refractivity (Wildman–Crippen MR) is 86.0 cm³/mol. The molecule has 0 spiro atoms. The van der Waals surface area contributed by atoms with E-state index < -0.39 is 0 Å². The molecule has 0 bridgehead atoms. The summed E-state index contributed by atoms with van der Waals surface area (Å²) >= 11 is 5.46. The van der Waals surface area contributed by atoms with Crippen molar-refractivity contribution < 1.29 is 0 Å². The fraction of sp³-hybridized carbons (Fsp3) is 0.400. The van der Waals surface area contributed by atoms with Crippen LogP contribution in [0.1, 0.15) is 32.7 Å². The van der Waals surface area contributed by atoms with Crippen LogP contribution in [-0.4, -0.2) is 12.0 Å². The molecule has 0 saturated carbocycles. The van der Waals surface area contributed by atoms with Gasteiger partial charge in [-0.15, -0.1) is 11.3 Å². The standard InChI is InChI=1S/C15H19BrN2S/c1-9-5-6-12(13(16)7-9)14(17-4)8-15-18-10(2)11(3)19-15/h5-7,14,17H,8H2,1-4H3. The highest BCUT2D eigenvalue weighted by atomic mass is 79.9. The molecule has 4 heteroatoms. The van der Waals surface area contributed by atoms with Crippen molar-refractivity contribution in [2.75, 3.05) is 7.05 Å². The minimum atomic E-state index is 0.292. The first-order valence-electron chi connectivity index (χ1n) is 6.37. The number of hydrogen-bond acceptors (Lipinski definition) is 3. The summed E-state index contributed by atoms with van der Waals surface area (Å²) in [5.74, 6) is 0. The molecular formula is C15H19BrN2S. The summed E-state index contributed by atoms with van der Waals surface area (Å²) < 4.78 is 1.16. The number of nitrogens with one attached hydrogen (secondary N) is 1. The molecule has 0 amide bonds. The van der Waals surface area contributed by atoms with E-state index in [1.54, 1.807) is 11.3 Å². The minimum Gasteiger partial charge on any atom is -0.313 e. The molecule has 0 radical (unpaired) electrons. The molecule has 1 aromatic carbocycles. The minimum absolute atomic E-state index is 0.292. The van der Waals surface area contributed by atoms with Crippen LogP contribution in [0, 0.1) is 20.8 Å². The summed E-state index contributed by atoms with van der Waals surface area (Å²) in [6.45, 7) is 6.31. The van der Waals surface area contributed by atoms with Crippen molar-refractivity contribution in [2.45, 2.75) is 33.2 Å². The van der Waals surface area contributed by atoms with E-state index in [4.69, 9.17) is 0 Å². The molecular weight excluding hydrogens is 320 g/mol. The zero-order valence-corrected chi connectivity index (χ0v) is 14.2. The number of likely N-dealkylation sites (N-methyl/N-ethyl adjacent to an activating group) is 1. The number of halogens is 1. The Morgan fingerprint density at radius 2 is 2.05 bits per heavy atom. The Morgan fingerprint density at radius 1 is 1.32 bits per heavy atom. The number of benzene rings is 1. The lowest BCUT2D eigenvalue weighted by Crippen LogP contribution is -2.19. The Hall–Kier alpha value is -0.710. The van der Waals surface area contributed by atoms with Crippen LogP contribution < -0.4 is 5.32 Å². The highest BCUT2D eigenvalue weighted by Gasteiger charge is 2.16. The number of thiazole rings is 1. The molecule has 2 aromatic rings. The quantitative estimate of drug-likeness (QED) is 0.897. The van der Waals surface area contributed by atoms with Crippen molar-refractivity contribution >= 4 is 27.3 Å². The lowest BCUT2D eigenvalue weighted by molar-refractivity contribution is 0.587. The molecule has 1 atom stereocenters. The van der Waals surface area contributed by atoms with Crippen LogP contribution in [0.3, 0.4) is 0 Å². The molecule has 2 nitrogen and oxygen atoms in total. The van der Waals surface area contributed by atoms with E-state index in [0.29, 0.717) is 6.04 Å². The van der Waals surface area contributed by atoms with Gasteiger partial charge in [0, 0.05) is 21.8 Å². The lowest BCUT2D eigenvalue weighted by Gasteiger charge is -2.17. The average Bonchev–Trinajstić information content (AvgIpc) is 2.66. The van der Waals surface area contributed by atoms with Gasteiger partial charge in [0.15, 0.2) is 0 Å². The van der Waals surface area contributed by atoms with Gasteiger partial charge < -0.3 is 5.32 Å². The van der Waals surface area contributed by atoms with Gasteiger partial charge in [-0.2, -0.15) is 0 Å². The monoisotopic (exact) mass is 338 g/mol. The summed E-state index contributed by atoms with van der Waals surface area (Å²) in [5.41, 5.74) is 3.71. The zero-order chi connectivity index (χ0) is 14.0. The van der Waals surface area contributed by atoms with Crippen LogP contribution in [-0.2, 0) is 6.42 Å². The Labute approximate surface area is 127 Å². The van der Waals surface area contributed by atoms with Gasteiger partial charge in [-0.1, -0.05) is 28.1 Å². The van der Waals surface area contributed by atoms with Crippen LogP contribution in [0.5, 0.6) is 0 Å². The second kappa shape index (κ2) is 6.16. The van der Waals surface area contributed by atoms with Gasteiger partial charge in [0.2, 0.25) is 0 Å². The highest BCUT2D eigenvalue weighted by Crippen LogP contribution is 2.28. The van der Waals surface area contributed by atoms with E-state index in [0.717, 1.165) is 16.6 Å². The van der Waals surface area contributed by atoms with Crippen molar-refractivity contribution in [3.63, 3.8) is 0 Å². The molecule has 19 heavy (non-hydrogen) atoms. The average molecular weight is 339 g/mol. The van der Waals surface area contributed by atoms with Gasteiger partial charge in [0.25, 0.3) is 0 Å². The molecule has 0 fully saturated rings. The van der Waals surface area contributed by atoms with Crippen molar-refractivity contribution in [1.82, 2.24) is 10.3 Å². The zero-order valence-electron chi connectivity index (χ0n) is 11.7. The SMILES string of the molecule is CNC(Cc1nc(C)c(C)s1)c1ccc(C)cc1Br. The lowest BCUT2D eigenvalue weighted by atomic mass is 10.0. The maximum atomic E-state index is 4.63. The second-order valence-corrected chi connectivity index (χ2v) is 6.96. The largest absolute Gasteiger partial charge is 0.313 e. The number of aromatic nitrogens is 1. The fourth-order valence-corrected chi connectivity index (χ4v) is 3.83. The van der Waals surface area contributed by atoms with Crippen LogP contribution >= 0.6 is 27.3 Å². The smallest absolute Gasteiger partial charge is 0.0949 e. The first kappa shape index (κ1) is 14.7. The Kier molecular flexibility index (Phi) is 4.76. The van der Waals surface area contributed by atoms with E-state index >= 15 is 0 Å². The molecule has 1 unspecified atom stereocenters. The number of nitrogens with zero attached hydrogens (tertiary/aromatic N) is 1. The molecule has 2 rings (SSSR count). The van der Waals surface area contributed by atoms with Crippen LogP contribution in [0.25, 0.3) is 0 Å². The van der Waals surface area contributed by atoms with Gasteiger partial charge in [-0.3, -0.25) is 0 Å². The van der Waals surface area contributed by atoms with E-state index in [9.17, 15) is 0 Å². The summed E-state index contributed by atoms with van der Waals surface area (Å²) in [4.78, 5) is 5.95. The summed E-state index contributed by atoms with van der Waals surface area (Å²) in [6.07, 6.45) is 0.928. The third-order valence-corrected chi connectivity index (χ3v) is 5.11. The van der Waals surface area contributed by atoms with Gasteiger partial charge in [-0.25, -0.2) is 4.98 Å². The Balaban J connectivity index is 2.24. The van der Waals surface area contributed by atoms with Gasteiger partial charge in [0.1, 0.15) is 0 Å². The van der Waals surface area contributed by atoms with E-state index in [-0.39, 0.29) is 0 Å². The molecule has 102 valence electrons. The van der Waals surface area contributed by atoms with Crippen LogP contribution in [0.15, 0.2) is 22.7 Å².